The molecule has 6 N–H and O–H groups in total. The van der Waals surface area contributed by atoms with Crippen molar-refractivity contribution in [2.24, 2.45) is 11.7 Å². The number of nitrogens with one attached hydrogen (secondary N) is 2. The van der Waals surface area contributed by atoms with E-state index in [0.717, 1.165) is 37.3 Å². The van der Waals surface area contributed by atoms with Crippen LogP contribution in [0, 0.1) is 5.92 Å². The molecule has 1 fully saturated rings. The molecular weight excluding hydrogens is 228 g/mol. The number of hydrogen-bond acceptors (Lipinski definition) is 6. The maximum Gasteiger partial charge on any atom is 0.150 e. The number of nitrogens with zero attached hydrogens (tertiary/aromatic N) is 2. The molecule has 3 rings (SSSR count). The van der Waals surface area contributed by atoms with Gasteiger partial charge in [-0.25, -0.2) is 9.97 Å². The molecule has 0 amide bonds. The fraction of sp³-hybridized carbons (Fsp3) is 0.500. The van der Waals surface area contributed by atoms with Crippen LogP contribution in [0.1, 0.15) is 18.5 Å². The van der Waals surface area contributed by atoms with Gasteiger partial charge in [0, 0.05) is 12.5 Å². The Morgan fingerprint density at radius 2 is 2.28 bits per heavy atom. The summed E-state index contributed by atoms with van der Waals surface area (Å²) in [5, 5.41) is 6.69. The highest BCUT2D eigenvalue weighted by Crippen LogP contribution is 2.33. The van der Waals surface area contributed by atoms with Gasteiger partial charge in [-0.1, -0.05) is 0 Å². The van der Waals surface area contributed by atoms with Gasteiger partial charge in [0.05, 0.1) is 5.69 Å². The van der Waals surface area contributed by atoms with Crippen LogP contribution < -0.4 is 22.1 Å². The van der Waals surface area contributed by atoms with Gasteiger partial charge >= 0.3 is 0 Å². The molecule has 0 bridgehead atoms. The maximum atomic E-state index is 6.47. The number of nitrogen functional groups attached to an aromatic ring is 1. The van der Waals surface area contributed by atoms with Crippen molar-refractivity contribution in [1.29, 1.82) is 0 Å². The molecule has 1 aromatic rings. The third-order valence-electron chi connectivity index (χ3n) is 3.74. The van der Waals surface area contributed by atoms with E-state index in [1.165, 1.54) is 6.33 Å². The summed E-state index contributed by atoms with van der Waals surface area (Å²) in [5.74, 6) is 0.790. The molecule has 0 aromatic carbocycles. The van der Waals surface area contributed by atoms with E-state index < -0.39 is 5.66 Å². The van der Waals surface area contributed by atoms with Gasteiger partial charge in [-0.3, -0.25) is 0 Å². The predicted octanol–water partition coefficient (Wildman–Crippen LogP) is 0.152. The Labute approximate surface area is 106 Å². The van der Waals surface area contributed by atoms with E-state index >= 15 is 0 Å². The zero-order valence-corrected chi connectivity index (χ0v) is 10.2. The van der Waals surface area contributed by atoms with E-state index in [0.29, 0.717) is 11.7 Å². The van der Waals surface area contributed by atoms with Gasteiger partial charge in [0.25, 0.3) is 0 Å². The fourth-order valence-electron chi connectivity index (χ4n) is 2.64. The van der Waals surface area contributed by atoms with Gasteiger partial charge in [-0.2, -0.15) is 0 Å². The van der Waals surface area contributed by atoms with Crippen LogP contribution >= 0.6 is 0 Å². The van der Waals surface area contributed by atoms with E-state index in [9.17, 15) is 0 Å². The SMILES string of the molecule is Nc1ncnc2c1NC(N)(C1CCCNC1)C=C2. The molecule has 0 radical (unpaired) electrons. The number of piperidine rings is 1. The molecule has 6 nitrogen and oxygen atoms in total. The van der Waals surface area contributed by atoms with Crippen molar-refractivity contribution >= 4 is 17.6 Å². The van der Waals surface area contributed by atoms with E-state index in [1.54, 1.807) is 0 Å². The predicted molar refractivity (Wildman–Crippen MR) is 71.6 cm³/mol. The second-order valence-electron chi connectivity index (χ2n) is 4.95. The molecule has 2 atom stereocenters. The lowest BCUT2D eigenvalue weighted by molar-refractivity contribution is 0.287. The van der Waals surface area contributed by atoms with Crippen LogP contribution in [0.3, 0.4) is 0 Å². The van der Waals surface area contributed by atoms with Gasteiger partial charge < -0.3 is 22.1 Å². The van der Waals surface area contributed by atoms with Crippen LogP contribution in [0.4, 0.5) is 11.5 Å². The summed E-state index contributed by atoms with van der Waals surface area (Å²) < 4.78 is 0. The zero-order chi connectivity index (χ0) is 12.6. The molecule has 3 heterocycles. The summed E-state index contributed by atoms with van der Waals surface area (Å²) in [5.41, 5.74) is 13.3. The average Bonchev–Trinajstić information content (AvgIpc) is 2.41. The van der Waals surface area contributed by atoms with Crippen molar-refractivity contribution in [1.82, 2.24) is 15.3 Å². The Balaban J connectivity index is 1.91. The minimum atomic E-state index is -0.570. The Kier molecular flexibility index (Phi) is 2.68. The highest BCUT2D eigenvalue weighted by atomic mass is 15.2. The molecule has 6 heteroatoms. The largest absolute Gasteiger partial charge is 0.382 e. The number of aromatic nitrogens is 2. The van der Waals surface area contributed by atoms with Crippen LogP contribution in [0.2, 0.25) is 0 Å². The number of anilines is 2. The second-order valence-corrected chi connectivity index (χ2v) is 4.95. The highest BCUT2D eigenvalue weighted by molar-refractivity contribution is 5.77. The van der Waals surface area contributed by atoms with Gasteiger partial charge in [0.1, 0.15) is 17.7 Å². The fourth-order valence-corrected chi connectivity index (χ4v) is 2.64. The Morgan fingerprint density at radius 3 is 3.06 bits per heavy atom. The minimum absolute atomic E-state index is 0.343. The molecular formula is C12H18N6. The van der Waals surface area contributed by atoms with E-state index in [4.69, 9.17) is 11.5 Å². The monoisotopic (exact) mass is 246 g/mol. The topological polar surface area (TPSA) is 102 Å². The van der Waals surface area contributed by atoms with Crippen molar-refractivity contribution in [2.75, 3.05) is 24.1 Å². The van der Waals surface area contributed by atoms with E-state index in [-0.39, 0.29) is 0 Å². The quantitative estimate of drug-likeness (QED) is 0.562. The summed E-state index contributed by atoms with van der Waals surface area (Å²) >= 11 is 0. The summed E-state index contributed by atoms with van der Waals surface area (Å²) in [6, 6.07) is 0. The Morgan fingerprint density at radius 1 is 1.39 bits per heavy atom. The molecule has 0 spiro atoms. The van der Waals surface area contributed by atoms with Gasteiger partial charge in [-0.05, 0) is 31.5 Å². The van der Waals surface area contributed by atoms with Crippen molar-refractivity contribution in [2.45, 2.75) is 18.5 Å². The van der Waals surface area contributed by atoms with Crippen molar-refractivity contribution < 1.29 is 0 Å². The first-order valence-electron chi connectivity index (χ1n) is 6.26. The molecule has 1 saturated heterocycles. The molecule has 18 heavy (non-hydrogen) atoms. The molecule has 2 aliphatic rings. The van der Waals surface area contributed by atoms with Gasteiger partial charge in [-0.15, -0.1) is 0 Å². The Hall–Kier alpha value is -1.66. The molecule has 2 aliphatic heterocycles. The van der Waals surface area contributed by atoms with Crippen LogP contribution in [-0.4, -0.2) is 28.7 Å². The highest BCUT2D eigenvalue weighted by Gasteiger charge is 2.36. The van der Waals surface area contributed by atoms with Crippen molar-refractivity contribution in [3.63, 3.8) is 0 Å². The summed E-state index contributed by atoms with van der Waals surface area (Å²) in [6.07, 6.45) is 7.63. The van der Waals surface area contributed by atoms with Crippen LogP contribution in [0.5, 0.6) is 0 Å². The van der Waals surface area contributed by atoms with Crippen LogP contribution in [0.25, 0.3) is 6.08 Å². The smallest absolute Gasteiger partial charge is 0.150 e. The van der Waals surface area contributed by atoms with Gasteiger partial charge in [0.2, 0.25) is 0 Å². The maximum absolute atomic E-state index is 6.47. The van der Waals surface area contributed by atoms with Crippen molar-refractivity contribution in [3.8, 4) is 0 Å². The first-order valence-corrected chi connectivity index (χ1v) is 6.26. The van der Waals surface area contributed by atoms with Crippen LogP contribution in [0.15, 0.2) is 12.4 Å². The number of rotatable bonds is 1. The zero-order valence-electron chi connectivity index (χ0n) is 10.2. The van der Waals surface area contributed by atoms with Gasteiger partial charge in [0.15, 0.2) is 5.82 Å². The lowest BCUT2D eigenvalue weighted by Crippen LogP contribution is -2.57. The third kappa shape index (κ3) is 1.83. The van der Waals surface area contributed by atoms with E-state index in [1.807, 2.05) is 12.2 Å². The molecule has 1 aromatic heterocycles. The lowest BCUT2D eigenvalue weighted by Gasteiger charge is -2.41. The first-order chi connectivity index (χ1) is 8.69. The summed E-state index contributed by atoms with van der Waals surface area (Å²) in [4.78, 5) is 8.18. The second kappa shape index (κ2) is 4.22. The molecule has 0 aliphatic carbocycles. The summed E-state index contributed by atoms with van der Waals surface area (Å²) in [6.45, 7) is 1.98. The Bertz CT molecular complexity index is 479. The number of nitrogens with two attached hydrogens (primary N) is 2. The number of fused-ring (bicyclic) bond motifs is 1. The van der Waals surface area contributed by atoms with Crippen molar-refractivity contribution in [3.05, 3.63) is 18.1 Å². The normalized spacial score (nSPS) is 30.6. The van der Waals surface area contributed by atoms with Crippen LogP contribution in [-0.2, 0) is 0 Å². The van der Waals surface area contributed by atoms with E-state index in [2.05, 4.69) is 20.6 Å². The molecule has 96 valence electrons. The summed E-state index contributed by atoms with van der Waals surface area (Å²) in [7, 11) is 0. The third-order valence-corrected chi connectivity index (χ3v) is 3.74. The lowest BCUT2D eigenvalue weighted by atomic mass is 9.84. The minimum Gasteiger partial charge on any atom is -0.382 e. The average molecular weight is 246 g/mol. The first kappa shape index (κ1) is 11.4. The molecule has 2 unspecified atom stereocenters. The molecule has 0 saturated carbocycles. The number of hydrogen-bond donors (Lipinski definition) is 4. The standard InChI is InChI=1S/C12H18N6/c13-11-10-9(16-7-17-11)3-4-12(14,18-10)8-2-1-5-15-6-8/h3-4,7-8,15,18H,1-2,5-6,14H2,(H2,13,16,17).